The average molecular weight is 326 g/mol. The fraction of sp³-hybridized carbons (Fsp3) is 0.500. The molecule has 0 aromatic heterocycles. The van der Waals surface area contributed by atoms with Crippen LogP contribution in [0.4, 0.5) is 4.39 Å². The fourth-order valence-corrected chi connectivity index (χ4v) is 3.66. The molecule has 1 saturated carbocycles. The fourth-order valence-electron chi connectivity index (χ4n) is 3.35. The Morgan fingerprint density at radius 1 is 1.32 bits per heavy atom. The summed E-state index contributed by atoms with van der Waals surface area (Å²) in [5, 5.41) is 9.48. The van der Waals surface area contributed by atoms with Crippen molar-refractivity contribution in [2.75, 3.05) is 13.1 Å². The lowest BCUT2D eigenvalue weighted by molar-refractivity contribution is -0.142. The minimum absolute atomic E-state index is 0.0595. The quantitative estimate of drug-likeness (QED) is 0.929. The number of carboxylic acids is 1. The van der Waals surface area contributed by atoms with Gasteiger partial charge in [0, 0.05) is 35.5 Å². The molecular weight excluding hydrogens is 309 g/mol. The van der Waals surface area contributed by atoms with Gasteiger partial charge in [-0.25, -0.2) is 4.39 Å². The maximum absolute atomic E-state index is 13.9. The van der Waals surface area contributed by atoms with Crippen LogP contribution in [0.3, 0.4) is 0 Å². The van der Waals surface area contributed by atoms with E-state index >= 15 is 0 Å². The zero-order valence-electron chi connectivity index (χ0n) is 12.1. The third kappa shape index (κ3) is 2.58. The van der Waals surface area contributed by atoms with Crippen molar-refractivity contribution in [3.8, 4) is 0 Å². The number of halogens is 2. The number of hydrogen-bond donors (Lipinski definition) is 1. The highest BCUT2D eigenvalue weighted by Crippen LogP contribution is 2.51. The molecule has 1 aliphatic carbocycles. The molecule has 6 heteroatoms. The van der Waals surface area contributed by atoms with Gasteiger partial charge in [-0.15, -0.1) is 0 Å². The zero-order valence-corrected chi connectivity index (χ0v) is 12.9. The molecule has 22 heavy (non-hydrogen) atoms. The summed E-state index contributed by atoms with van der Waals surface area (Å²) < 4.78 is 13.9. The van der Waals surface area contributed by atoms with Crippen LogP contribution >= 0.6 is 11.6 Å². The van der Waals surface area contributed by atoms with Gasteiger partial charge in [0.25, 0.3) is 0 Å². The number of carbonyl (C=O) groups excluding carboxylic acids is 1. The normalized spacial score (nSPS) is 30.4. The van der Waals surface area contributed by atoms with Gasteiger partial charge in [0.1, 0.15) is 5.82 Å². The van der Waals surface area contributed by atoms with Gasteiger partial charge in [0.15, 0.2) is 0 Å². The SMILES string of the molecule is C[C@@H]1CN(C(=O)C2CC2c2c(F)cccc2Cl)C[C@H]1C(=O)O. The molecule has 1 saturated heterocycles. The van der Waals surface area contributed by atoms with Gasteiger partial charge in [-0.3, -0.25) is 9.59 Å². The summed E-state index contributed by atoms with van der Waals surface area (Å²) in [5.74, 6) is -2.39. The van der Waals surface area contributed by atoms with Crippen molar-refractivity contribution >= 4 is 23.5 Å². The van der Waals surface area contributed by atoms with Crippen LogP contribution in [0, 0.1) is 23.6 Å². The first kappa shape index (κ1) is 15.3. The molecule has 3 rings (SSSR count). The molecule has 1 aromatic carbocycles. The maximum atomic E-state index is 13.9. The average Bonchev–Trinajstić information content (AvgIpc) is 3.12. The number of nitrogens with zero attached hydrogens (tertiary/aromatic N) is 1. The summed E-state index contributed by atoms with van der Waals surface area (Å²) in [6.07, 6.45) is 0.572. The number of carbonyl (C=O) groups is 2. The van der Waals surface area contributed by atoms with E-state index in [-0.39, 0.29) is 36.0 Å². The van der Waals surface area contributed by atoms with Gasteiger partial charge >= 0.3 is 5.97 Å². The number of hydrogen-bond acceptors (Lipinski definition) is 2. The third-order valence-corrected chi connectivity index (χ3v) is 5.05. The lowest BCUT2D eigenvalue weighted by Gasteiger charge is -2.16. The number of carboxylic acid groups (broad SMARTS) is 1. The van der Waals surface area contributed by atoms with E-state index in [1.165, 1.54) is 6.07 Å². The Bertz CT molecular complexity index is 616. The van der Waals surface area contributed by atoms with Crippen molar-refractivity contribution in [3.05, 3.63) is 34.6 Å². The van der Waals surface area contributed by atoms with Gasteiger partial charge in [-0.05, 0) is 24.5 Å². The molecule has 118 valence electrons. The summed E-state index contributed by atoms with van der Waals surface area (Å²) in [6, 6.07) is 4.51. The van der Waals surface area contributed by atoms with Crippen LogP contribution in [0.5, 0.6) is 0 Å². The Labute approximate surface area is 132 Å². The second-order valence-electron chi connectivity index (χ2n) is 6.25. The number of likely N-dealkylation sites (tertiary alicyclic amines) is 1. The molecule has 0 bridgehead atoms. The molecule has 2 aliphatic rings. The molecule has 4 atom stereocenters. The van der Waals surface area contributed by atoms with Crippen molar-refractivity contribution in [3.63, 3.8) is 0 Å². The van der Waals surface area contributed by atoms with E-state index in [2.05, 4.69) is 0 Å². The molecule has 4 nitrogen and oxygen atoms in total. The van der Waals surface area contributed by atoms with E-state index < -0.39 is 11.9 Å². The monoisotopic (exact) mass is 325 g/mol. The van der Waals surface area contributed by atoms with Crippen LogP contribution in [0.1, 0.15) is 24.8 Å². The first-order chi connectivity index (χ1) is 10.4. The van der Waals surface area contributed by atoms with E-state index in [0.717, 1.165) is 0 Å². The summed E-state index contributed by atoms with van der Waals surface area (Å²) in [4.78, 5) is 25.2. The van der Waals surface area contributed by atoms with Crippen LogP contribution in [-0.2, 0) is 9.59 Å². The largest absolute Gasteiger partial charge is 0.481 e. The van der Waals surface area contributed by atoms with Crippen LogP contribution in [0.2, 0.25) is 5.02 Å². The first-order valence-electron chi connectivity index (χ1n) is 7.35. The number of amides is 1. The van der Waals surface area contributed by atoms with Crippen LogP contribution < -0.4 is 0 Å². The zero-order chi connectivity index (χ0) is 16.0. The standard InChI is InChI=1S/C16H17ClFNO3/c1-8-6-19(7-11(8)16(21)22)15(20)10-5-9(10)14-12(17)3-2-4-13(14)18/h2-4,8-11H,5-7H2,1H3,(H,21,22)/t8-,9?,10?,11-/m1/s1. The molecule has 2 fully saturated rings. The van der Waals surface area contributed by atoms with Gasteiger partial charge in [-0.1, -0.05) is 24.6 Å². The Balaban J connectivity index is 1.70. The lowest BCUT2D eigenvalue weighted by atomic mass is 9.99. The van der Waals surface area contributed by atoms with Crippen molar-refractivity contribution in [2.45, 2.75) is 19.3 Å². The number of benzene rings is 1. The summed E-state index contributed by atoms with van der Waals surface area (Å²) >= 11 is 6.04. The molecule has 1 aromatic rings. The topological polar surface area (TPSA) is 57.6 Å². The van der Waals surface area contributed by atoms with Gasteiger partial charge in [0.2, 0.25) is 5.91 Å². The number of aliphatic carboxylic acids is 1. The lowest BCUT2D eigenvalue weighted by Crippen LogP contribution is -2.31. The molecule has 1 heterocycles. The first-order valence-corrected chi connectivity index (χ1v) is 7.73. The van der Waals surface area contributed by atoms with E-state index in [9.17, 15) is 14.0 Å². The Morgan fingerprint density at radius 2 is 2.05 bits per heavy atom. The predicted octanol–water partition coefficient (Wildman–Crippen LogP) is 2.76. The van der Waals surface area contributed by atoms with Crippen molar-refractivity contribution in [1.29, 1.82) is 0 Å². The molecule has 0 radical (unpaired) electrons. The van der Waals surface area contributed by atoms with Crippen LogP contribution in [-0.4, -0.2) is 35.0 Å². The van der Waals surface area contributed by atoms with Gasteiger partial charge in [0.05, 0.1) is 5.92 Å². The summed E-state index contributed by atoms with van der Waals surface area (Å²) in [5.41, 5.74) is 0.407. The number of rotatable bonds is 3. The van der Waals surface area contributed by atoms with Crippen molar-refractivity contribution < 1.29 is 19.1 Å². The molecule has 1 amide bonds. The highest BCUT2D eigenvalue weighted by Gasteiger charge is 2.50. The minimum Gasteiger partial charge on any atom is -0.481 e. The van der Waals surface area contributed by atoms with E-state index in [0.29, 0.717) is 23.6 Å². The summed E-state index contributed by atoms with van der Waals surface area (Å²) in [7, 11) is 0. The molecule has 1 N–H and O–H groups in total. The smallest absolute Gasteiger partial charge is 0.308 e. The maximum Gasteiger partial charge on any atom is 0.308 e. The highest BCUT2D eigenvalue weighted by molar-refractivity contribution is 6.31. The van der Waals surface area contributed by atoms with E-state index in [4.69, 9.17) is 16.7 Å². The van der Waals surface area contributed by atoms with Crippen LogP contribution in [0.25, 0.3) is 0 Å². The van der Waals surface area contributed by atoms with Crippen molar-refractivity contribution in [2.24, 2.45) is 17.8 Å². The van der Waals surface area contributed by atoms with E-state index in [1.807, 2.05) is 6.92 Å². The van der Waals surface area contributed by atoms with Crippen molar-refractivity contribution in [1.82, 2.24) is 4.90 Å². The third-order valence-electron chi connectivity index (χ3n) is 4.72. The minimum atomic E-state index is -0.868. The second kappa shape index (κ2) is 5.54. The highest BCUT2D eigenvalue weighted by atomic mass is 35.5. The molecule has 2 unspecified atom stereocenters. The molecule has 1 aliphatic heterocycles. The Hall–Kier alpha value is -1.62. The predicted molar refractivity (Wildman–Crippen MR) is 79.1 cm³/mol. The molecular formula is C16H17ClFNO3. The molecule has 0 spiro atoms. The Kier molecular flexibility index (Phi) is 3.85. The summed E-state index contributed by atoms with van der Waals surface area (Å²) in [6.45, 7) is 2.53. The van der Waals surface area contributed by atoms with E-state index in [1.54, 1.807) is 17.0 Å². The van der Waals surface area contributed by atoms with Gasteiger partial charge in [-0.2, -0.15) is 0 Å². The second-order valence-corrected chi connectivity index (χ2v) is 6.66. The Morgan fingerprint density at radius 3 is 2.64 bits per heavy atom. The van der Waals surface area contributed by atoms with Crippen LogP contribution in [0.15, 0.2) is 18.2 Å². The van der Waals surface area contributed by atoms with Gasteiger partial charge < -0.3 is 10.0 Å².